The normalized spacial score (nSPS) is 17.2. The fraction of sp³-hybridized carbons (Fsp3) is 0.382. The van der Waals surface area contributed by atoms with Crippen molar-refractivity contribution in [2.45, 2.75) is 72.3 Å². The fourth-order valence-corrected chi connectivity index (χ4v) is 5.72. The molecule has 3 nitrogen and oxygen atoms in total. The first kappa shape index (κ1) is 27.6. The van der Waals surface area contributed by atoms with Gasteiger partial charge >= 0.3 is 0 Å². The monoisotopic (exact) mass is 514 g/mol. The molecule has 0 saturated carbocycles. The Kier molecular flexibility index (Phi) is 8.71. The summed E-state index contributed by atoms with van der Waals surface area (Å²) in [7, 11) is 1.60. The van der Waals surface area contributed by atoms with Gasteiger partial charge in [-0.1, -0.05) is 52.0 Å². The van der Waals surface area contributed by atoms with Crippen LogP contribution >= 0.6 is 0 Å². The summed E-state index contributed by atoms with van der Waals surface area (Å²) < 4.78 is 26.6. The van der Waals surface area contributed by atoms with Crippen LogP contribution in [0.5, 0.6) is 11.5 Å². The lowest BCUT2D eigenvalue weighted by Gasteiger charge is -2.25. The van der Waals surface area contributed by atoms with Gasteiger partial charge in [0.25, 0.3) is 0 Å². The lowest BCUT2D eigenvalue weighted by atomic mass is 9.79. The molecule has 0 radical (unpaired) electrons. The van der Waals surface area contributed by atoms with Crippen LogP contribution in [0.25, 0.3) is 16.7 Å². The van der Waals surface area contributed by atoms with E-state index in [0.29, 0.717) is 30.3 Å². The summed E-state index contributed by atoms with van der Waals surface area (Å²) in [5, 5.41) is 0. The Morgan fingerprint density at radius 1 is 0.974 bits per heavy atom. The van der Waals surface area contributed by atoms with Crippen molar-refractivity contribution in [3.8, 4) is 22.6 Å². The Labute approximate surface area is 226 Å². The van der Waals surface area contributed by atoms with Gasteiger partial charge in [0.05, 0.1) is 7.11 Å². The Morgan fingerprint density at radius 3 is 2.47 bits per heavy atom. The first-order valence-electron chi connectivity index (χ1n) is 13.8. The van der Waals surface area contributed by atoms with E-state index in [9.17, 15) is 9.18 Å². The fourth-order valence-electron chi connectivity index (χ4n) is 5.72. The maximum atomic E-state index is 15.0. The number of halogens is 1. The number of ether oxygens (including phenoxy) is 2. The second-order valence-corrected chi connectivity index (χ2v) is 10.6. The van der Waals surface area contributed by atoms with Gasteiger partial charge in [0, 0.05) is 12.0 Å². The Balaban J connectivity index is 0.00000164. The quantitative estimate of drug-likeness (QED) is 0.282. The predicted molar refractivity (Wildman–Crippen MR) is 153 cm³/mol. The average molecular weight is 515 g/mol. The minimum absolute atomic E-state index is 0.0111. The third-order valence-corrected chi connectivity index (χ3v) is 7.79. The largest absolute Gasteiger partial charge is 0.497 e. The van der Waals surface area contributed by atoms with Crippen LogP contribution in [0.1, 0.15) is 81.5 Å². The van der Waals surface area contributed by atoms with E-state index >= 15 is 0 Å². The van der Waals surface area contributed by atoms with Gasteiger partial charge in [0.2, 0.25) is 0 Å². The highest BCUT2D eigenvalue weighted by molar-refractivity contribution is 5.85. The third-order valence-electron chi connectivity index (χ3n) is 7.79. The number of benzene rings is 3. The highest BCUT2D eigenvalue weighted by atomic mass is 19.1. The number of allylic oxidation sites excluding steroid dienone is 2. The van der Waals surface area contributed by atoms with Gasteiger partial charge in [-0.2, -0.15) is 0 Å². The SMILES string of the molecule is CC.COc1ccc(F)c(-c2ccc(COc3ccc4c(c3)C(CC=O)CC4)cc2C2=CCCC2(C)C)c1. The highest BCUT2D eigenvalue weighted by Crippen LogP contribution is 2.47. The zero-order valence-electron chi connectivity index (χ0n) is 23.3. The maximum absolute atomic E-state index is 15.0. The molecule has 3 aromatic carbocycles. The molecule has 0 fully saturated rings. The van der Waals surface area contributed by atoms with E-state index in [1.165, 1.54) is 22.8 Å². The molecular formula is C34H39FO3. The zero-order chi connectivity index (χ0) is 27.3. The zero-order valence-corrected chi connectivity index (χ0v) is 23.3. The Hall–Kier alpha value is -3.40. The molecule has 0 aromatic heterocycles. The van der Waals surface area contributed by atoms with E-state index < -0.39 is 0 Å². The van der Waals surface area contributed by atoms with Crippen molar-refractivity contribution in [2.75, 3.05) is 7.11 Å². The van der Waals surface area contributed by atoms with Crippen LogP contribution in [0.4, 0.5) is 4.39 Å². The van der Waals surface area contributed by atoms with E-state index in [1.807, 2.05) is 32.0 Å². The van der Waals surface area contributed by atoms with Crippen LogP contribution in [-0.2, 0) is 17.8 Å². The molecule has 0 heterocycles. The second-order valence-electron chi connectivity index (χ2n) is 10.6. The van der Waals surface area contributed by atoms with Crippen molar-refractivity contribution in [2.24, 2.45) is 5.41 Å². The molecule has 4 heteroatoms. The predicted octanol–water partition coefficient (Wildman–Crippen LogP) is 8.93. The van der Waals surface area contributed by atoms with Crippen molar-refractivity contribution in [1.82, 2.24) is 0 Å². The molecule has 5 rings (SSSR count). The third kappa shape index (κ3) is 5.70. The first-order chi connectivity index (χ1) is 18.4. The van der Waals surface area contributed by atoms with Crippen LogP contribution < -0.4 is 9.47 Å². The van der Waals surface area contributed by atoms with Crippen LogP contribution in [-0.4, -0.2) is 13.4 Å². The Bertz CT molecular complexity index is 1320. The van der Waals surface area contributed by atoms with Crippen LogP contribution in [0.2, 0.25) is 0 Å². The molecular weight excluding hydrogens is 475 g/mol. The topological polar surface area (TPSA) is 35.5 Å². The van der Waals surface area contributed by atoms with Gasteiger partial charge in [0.15, 0.2) is 0 Å². The van der Waals surface area contributed by atoms with Crippen LogP contribution in [0, 0.1) is 11.2 Å². The molecule has 3 aromatic rings. The summed E-state index contributed by atoms with van der Waals surface area (Å²) in [6.07, 6.45) is 7.99. The number of aryl methyl sites for hydroxylation is 1. The number of carbonyl (C=O) groups is 1. The van der Waals surface area contributed by atoms with E-state index in [1.54, 1.807) is 19.2 Å². The van der Waals surface area contributed by atoms with Crippen molar-refractivity contribution < 1.29 is 18.7 Å². The standard InChI is InChI=1S/C32H33FO3.C2H6/c1-32(2)15-4-5-30(32)28-17-21(6-12-26(28)29-18-24(35-3)11-13-31(29)33)20-36-25-10-9-22-7-8-23(14-16-34)27(22)19-25;1-2/h5-6,9-13,16-19,23H,4,7-8,14-15,20H2,1-3H3;1-2H3. The average Bonchev–Trinajstić information content (AvgIpc) is 3.50. The van der Waals surface area contributed by atoms with Gasteiger partial charge in [-0.05, 0) is 107 Å². The summed E-state index contributed by atoms with van der Waals surface area (Å²) in [6, 6.07) is 17.3. The molecule has 2 aliphatic rings. The smallest absolute Gasteiger partial charge is 0.131 e. The molecule has 0 saturated heterocycles. The van der Waals surface area contributed by atoms with Gasteiger partial charge < -0.3 is 14.3 Å². The molecule has 1 atom stereocenters. The molecule has 200 valence electrons. The van der Waals surface area contributed by atoms with Crippen molar-refractivity contribution in [3.05, 3.63) is 88.7 Å². The lowest BCUT2D eigenvalue weighted by Crippen LogP contribution is -2.10. The summed E-state index contributed by atoms with van der Waals surface area (Å²) in [4.78, 5) is 11.1. The molecule has 0 amide bonds. The van der Waals surface area contributed by atoms with Gasteiger partial charge in [0.1, 0.15) is 30.2 Å². The first-order valence-corrected chi connectivity index (χ1v) is 13.8. The Morgan fingerprint density at radius 2 is 1.76 bits per heavy atom. The molecule has 0 aliphatic heterocycles. The van der Waals surface area contributed by atoms with E-state index in [-0.39, 0.29) is 11.2 Å². The van der Waals surface area contributed by atoms with E-state index in [4.69, 9.17) is 9.47 Å². The number of hydrogen-bond donors (Lipinski definition) is 0. The van der Waals surface area contributed by atoms with E-state index in [2.05, 4.69) is 38.1 Å². The molecule has 0 spiro atoms. The van der Waals surface area contributed by atoms with Crippen molar-refractivity contribution in [3.63, 3.8) is 0 Å². The molecule has 0 bridgehead atoms. The number of carbonyl (C=O) groups excluding carboxylic acids is 1. The number of fused-ring (bicyclic) bond motifs is 1. The molecule has 0 N–H and O–H groups in total. The number of hydrogen-bond acceptors (Lipinski definition) is 3. The molecule has 1 unspecified atom stereocenters. The van der Waals surface area contributed by atoms with E-state index in [0.717, 1.165) is 54.4 Å². The highest BCUT2D eigenvalue weighted by Gasteiger charge is 2.30. The number of rotatable bonds is 8. The lowest BCUT2D eigenvalue weighted by molar-refractivity contribution is -0.108. The summed E-state index contributed by atoms with van der Waals surface area (Å²) in [5.41, 5.74) is 7.30. The molecule has 38 heavy (non-hydrogen) atoms. The number of methoxy groups -OCH3 is 1. The van der Waals surface area contributed by atoms with Gasteiger partial charge in [-0.15, -0.1) is 0 Å². The minimum Gasteiger partial charge on any atom is -0.497 e. The van der Waals surface area contributed by atoms with Crippen molar-refractivity contribution >= 4 is 11.9 Å². The summed E-state index contributed by atoms with van der Waals surface area (Å²) >= 11 is 0. The van der Waals surface area contributed by atoms with Gasteiger partial charge in [-0.25, -0.2) is 4.39 Å². The summed E-state index contributed by atoms with van der Waals surface area (Å²) in [6.45, 7) is 8.92. The summed E-state index contributed by atoms with van der Waals surface area (Å²) in [5.74, 6) is 1.48. The van der Waals surface area contributed by atoms with Crippen molar-refractivity contribution in [1.29, 1.82) is 0 Å². The second kappa shape index (κ2) is 12.0. The van der Waals surface area contributed by atoms with Gasteiger partial charge in [-0.3, -0.25) is 0 Å². The van der Waals surface area contributed by atoms with Crippen LogP contribution in [0.3, 0.4) is 0 Å². The molecule has 2 aliphatic carbocycles. The number of aldehydes is 1. The van der Waals surface area contributed by atoms with Crippen LogP contribution in [0.15, 0.2) is 60.7 Å². The minimum atomic E-state index is -0.263. The maximum Gasteiger partial charge on any atom is 0.131 e.